The van der Waals surface area contributed by atoms with Crippen molar-refractivity contribution in [2.45, 2.75) is 32.5 Å². The fourth-order valence-corrected chi connectivity index (χ4v) is 4.85. The highest BCUT2D eigenvalue weighted by atomic mass is 16.5. The summed E-state index contributed by atoms with van der Waals surface area (Å²) in [4.78, 5) is 7.04. The first-order valence-corrected chi connectivity index (χ1v) is 11.2. The van der Waals surface area contributed by atoms with Gasteiger partial charge in [0.1, 0.15) is 6.33 Å². The molecule has 0 spiro atoms. The van der Waals surface area contributed by atoms with Crippen molar-refractivity contribution in [3.8, 4) is 22.9 Å². The number of hydrogen-bond donors (Lipinski definition) is 0. The second kappa shape index (κ2) is 8.79. The van der Waals surface area contributed by atoms with E-state index >= 15 is 0 Å². The minimum atomic E-state index is 0.363. The molecule has 6 nitrogen and oxygen atoms in total. The maximum Gasteiger partial charge on any atom is 0.203 e. The second-order valence-electron chi connectivity index (χ2n) is 8.51. The molecule has 1 unspecified atom stereocenters. The number of benzene rings is 3. The molecule has 1 atom stereocenters. The van der Waals surface area contributed by atoms with Crippen LogP contribution in [0, 0.1) is 0 Å². The summed E-state index contributed by atoms with van der Waals surface area (Å²) in [6.07, 6.45) is 2.79. The molecule has 0 N–H and O–H groups in total. The van der Waals surface area contributed by atoms with Gasteiger partial charge in [0, 0.05) is 30.4 Å². The molecule has 4 aromatic rings. The standard InChI is InChI=1S/C27H29N3O3/c1-18-12-22-20(14-25(31-2)27(33-4)26(22)32-3)16-29(18)15-19-8-7-9-21(13-19)30-17-28-23-10-5-6-11-24(23)30/h5-11,13-14,17-18H,12,15-16H2,1-4H3. The number of fused-ring (bicyclic) bond motifs is 2. The minimum absolute atomic E-state index is 0.363. The number of hydrogen-bond acceptors (Lipinski definition) is 5. The van der Waals surface area contributed by atoms with Gasteiger partial charge in [0.05, 0.1) is 32.4 Å². The van der Waals surface area contributed by atoms with Crippen LogP contribution in [0.1, 0.15) is 23.6 Å². The van der Waals surface area contributed by atoms with Crippen LogP contribution in [-0.2, 0) is 19.5 Å². The smallest absolute Gasteiger partial charge is 0.203 e. The number of aromatic nitrogens is 2. The van der Waals surface area contributed by atoms with Gasteiger partial charge in [0.25, 0.3) is 0 Å². The summed E-state index contributed by atoms with van der Waals surface area (Å²) in [5.41, 5.74) is 6.94. The highest BCUT2D eigenvalue weighted by molar-refractivity contribution is 5.77. The summed E-state index contributed by atoms with van der Waals surface area (Å²) in [5.74, 6) is 2.16. The normalized spacial score (nSPS) is 15.9. The Kier molecular flexibility index (Phi) is 5.68. The molecular weight excluding hydrogens is 414 g/mol. The Bertz CT molecular complexity index is 1300. The summed E-state index contributed by atoms with van der Waals surface area (Å²) in [7, 11) is 5.01. The van der Waals surface area contributed by atoms with Crippen LogP contribution in [0.15, 0.2) is 60.9 Å². The highest BCUT2D eigenvalue weighted by Crippen LogP contribution is 2.44. The third-order valence-corrected chi connectivity index (χ3v) is 6.55. The number of ether oxygens (including phenoxy) is 3. The summed E-state index contributed by atoms with van der Waals surface area (Å²) in [5, 5.41) is 0. The summed E-state index contributed by atoms with van der Waals surface area (Å²) in [6, 6.07) is 19.4. The van der Waals surface area contributed by atoms with Gasteiger partial charge in [-0.25, -0.2) is 4.98 Å². The largest absolute Gasteiger partial charge is 0.493 e. The van der Waals surface area contributed by atoms with Gasteiger partial charge >= 0.3 is 0 Å². The second-order valence-corrected chi connectivity index (χ2v) is 8.51. The zero-order valence-corrected chi connectivity index (χ0v) is 19.5. The summed E-state index contributed by atoms with van der Waals surface area (Å²) in [6.45, 7) is 3.95. The Hall–Kier alpha value is -3.51. The molecule has 0 aliphatic carbocycles. The lowest BCUT2D eigenvalue weighted by atomic mass is 9.92. The van der Waals surface area contributed by atoms with E-state index in [9.17, 15) is 0 Å². The van der Waals surface area contributed by atoms with Crippen LogP contribution in [0.25, 0.3) is 16.7 Å². The molecule has 6 heteroatoms. The lowest BCUT2D eigenvalue weighted by Gasteiger charge is -2.36. The van der Waals surface area contributed by atoms with Crippen molar-refractivity contribution in [2.24, 2.45) is 0 Å². The number of nitrogens with zero attached hydrogens (tertiary/aromatic N) is 3. The lowest BCUT2D eigenvalue weighted by Crippen LogP contribution is -2.38. The predicted molar refractivity (Wildman–Crippen MR) is 130 cm³/mol. The van der Waals surface area contributed by atoms with E-state index in [-0.39, 0.29) is 0 Å². The predicted octanol–water partition coefficient (Wildman–Crippen LogP) is 5.00. The Morgan fingerprint density at radius 1 is 0.939 bits per heavy atom. The fourth-order valence-electron chi connectivity index (χ4n) is 4.85. The number of para-hydroxylation sites is 2. The molecule has 0 fully saturated rings. The third-order valence-electron chi connectivity index (χ3n) is 6.55. The number of methoxy groups -OCH3 is 3. The Labute approximate surface area is 194 Å². The molecule has 0 amide bonds. The molecule has 1 aliphatic rings. The van der Waals surface area contributed by atoms with Gasteiger partial charge in [-0.1, -0.05) is 24.3 Å². The van der Waals surface area contributed by atoms with E-state index in [1.807, 2.05) is 18.5 Å². The monoisotopic (exact) mass is 443 g/mol. The minimum Gasteiger partial charge on any atom is -0.493 e. The Morgan fingerprint density at radius 3 is 2.55 bits per heavy atom. The van der Waals surface area contributed by atoms with Crippen molar-refractivity contribution >= 4 is 11.0 Å². The first-order valence-electron chi connectivity index (χ1n) is 11.2. The molecule has 33 heavy (non-hydrogen) atoms. The van der Waals surface area contributed by atoms with Gasteiger partial charge in [0.2, 0.25) is 5.75 Å². The van der Waals surface area contributed by atoms with E-state index in [2.05, 4.69) is 63.8 Å². The van der Waals surface area contributed by atoms with Gasteiger partial charge < -0.3 is 14.2 Å². The van der Waals surface area contributed by atoms with E-state index in [4.69, 9.17) is 14.2 Å². The van der Waals surface area contributed by atoms with Crippen LogP contribution < -0.4 is 14.2 Å². The average Bonchev–Trinajstić information content (AvgIpc) is 3.28. The maximum atomic E-state index is 5.74. The lowest BCUT2D eigenvalue weighted by molar-refractivity contribution is 0.172. The van der Waals surface area contributed by atoms with Crippen molar-refractivity contribution in [1.82, 2.24) is 14.5 Å². The van der Waals surface area contributed by atoms with Crippen molar-refractivity contribution in [3.05, 3.63) is 77.6 Å². The topological polar surface area (TPSA) is 48.8 Å². The molecule has 0 radical (unpaired) electrons. The molecule has 5 rings (SSSR count). The zero-order chi connectivity index (χ0) is 22.9. The van der Waals surface area contributed by atoms with Gasteiger partial charge in [-0.15, -0.1) is 0 Å². The first kappa shape index (κ1) is 21.3. The molecule has 1 aromatic heterocycles. The summed E-state index contributed by atoms with van der Waals surface area (Å²) >= 11 is 0. The summed E-state index contributed by atoms with van der Waals surface area (Å²) < 4.78 is 19.1. The molecule has 3 aromatic carbocycles. The van der Waals surface area contributed by atoms with Crippen LogP contribution in [-0.4, -0.2) is 41.8 Å². The van der Waals surface area contributed by atoms with Gasteiger partial charge in [-0.2, -0.15) is 0 Å². The van der Waals surface area contributed by atoms with Crippen LogP contribution in [0.2, 0.25) is 0 Å². The number of imidazole rings is 1. The van der Waals surface area contributed by atoms with Crippen molar-refractivity contribution in [2.75, 3.05) is 21.3 Å². The van der Waals surface area contributed by atoms with E-state index < -0.39 is 0 Å². The van der Waals surface area contributed by atoms with Gasteiger partial charge in [0.15, 0.2) is 11.5 Å². The maximum absolute atomic E-state index is 5.74. The molecule has 2 heterocycles. The Balaban J connectivity index is 1.44. The quantitative estimate of drug-likeness (QED) is 0.420. The zero-order valence-electron chi connectivity index (χ0n) is 19.5. The number of rotatable bonds is 6. The molecular formula is C27H29N3O3. The fraction of sp³-hybridized carbons (Fsp3) is 0.296. The first-order chi connectivity index (χ1) is 16.1. The third kappa shape index (κ3) is 3.80. The van der Waals surface area contributed by atoms with Gasteiger partial charge in [-0.3, -0.25) is 9.47 Å². The van der Waals surface area contributed by atoms with Crippen molar-refractivity contribution < 1.29 is 14.2 Å². The van der Waals surface area contributed by atoms with Crippen LogP contribution >= 0.6 is 0 Å². The molecule has 170 valence electrons. The van der Waals surface area contributed by atoms with E-state index in [1.54, 1.807) is 21.3 Å². The Morgan fingerprint density at radius 2 is 1.76 bits per heavy atom. The molecule has 0 saturated heterocycles. The molecule has 0 saturated carbocycles. The van der Waals surface area contributed by atoms with E-state index in [0.29, 0.717) is 17.5 Å². The molecule has 1 aliphatic heterocycles. The van der Waals surface area contributed by atoms with Gasteiger partial charge in [-0.05, 0) is 54.8 Å². The SMILES string of the molecule is COc1cc2c(c(OC)c1OC)CC(C)N(Cc1cccc(-n3cnc4ccccc43)c1)C2. The van der Waals surface area contributed by atoms with Crippen molar-refractivity contribution in [3.63, 3.8) is 0 Å². The molecule has 0 bridgehead atoms. The van der Waals surface area contributed by atoms with Crippen molar-refractivity contribution in [1.29, 1.82) is 0 Å². The van der Waals surface area contributed by atoms with Crippen LogP contribution in [0.4, 0.5) is 0 Å². The van der Waals surface area contributed by atoms with E-state index in [0.717, 1.165) is 42.0 Å². The van der Waals surface area contributed by atoms with E-state index in [1.165, 1.54) is 16.7 Å². The van der Waals surface area contributed by atoms with Crippen LogP contribution in [0.5, 0.6) is 17.2 Å². The van der Waals surface area contributed by atoms with Crippen LogP contribution in [0.3, 0.4) is 0 Å². The highest BCUT2D eigenvalue weighted by Gasteiger charge is 2.29. The average molecular weight is 444 g/mol.